The molecule has 3 heteroatoms. The Morgan fingerprint density at radius 1 is 1.24 bits per heavy atom. The van der Waals surface area contributed by atoms with E-state index in [0.717, 1.165) is 17.6 Å². The molecule has 17 heavy (non-hydrogen) atoms. The molecule has 1 saturated carbocycles. The molecule has 1 aliphatic heterocycles. The van der Waals surface area contributed by atoms with E-state index in [9.17, 15) is 0 Å². The summed E-state index contributed by atoms with van der Waals surface area (Å²) >= 11 is 6.40. The van der Waals surface area contributed by atoms with Crippen LogP contribution in [0, 0.1) is 11.8 Å². The van der Waals surface area contributed by atoms with Crippen molar-refractivity contribution in [3.63, 3.8) is 0 Å². The number of rotatable bonds is 7. The minimum atomic E-state index is 0.608. The number of hydrogen-bond acceptors (Lipinski definition) is 3. The van der Waals surface area contributed by atoms with Crippen LogP contribution in [-0.4, -0.2) is 27.1 Å². The van der Waals surface area contributed by atoms with Crippen LogP contribution in [0.5, 0.6) is 0 Å². The summed E-state index contributed by atoms with van der Waals surface area (Å²) in [6, 6.07) is 0. The van der Waals surface area contributed by atoms with Gasteiger partial charge < -0.3 is 0 Å². The minimum Gasteiger partial charge on any atom is -0.158 e. The normalized spacial score (nSPS) is 36.8. The first kappa shape index (κ1) is 14.2. The van der Waals surface area contributed by atoms with Gasteiger partial charge in [0.2, 0.25) is 0 Å². The summed E-state index contributed by atoms with van der Waals surface area (Å²) in [5.41, 5.74) is 0. The summed E-state index contributed by atoms with van der Waals surface area (Å²) < 4.78 is 0.608. The second kappa shape index (κ2) is 6.81. The Bertz CT molecular complexity index is 240. The molecule has 2 rings (SSSR count). The topological polar surface area (TPSA) is 0 Å². The van der Waals surface area contributed by atoms with E-state index in [2.05, 4.69) is 48.8 Å². The first-order valence-electron chi connectivity index (χ1n) is 6.68. The average Bonchev–Trinajstić information content (AvgIpc) is 3.07. The lowest BCUT2D eigenvalue weighted by Gasteiger charge is -2.28. The molecule has 0 amide bonds. The second-order valence-corrected chi connectivity index (χ2v) is 9.78. The molecule has 0 nitrogen and oxygen atoms in total. The van der Waals surface area contributed by atoms with Gasteiger partial charge in [-0.2, -0.15) is 11.8 Å². The molecule has 1 atom stereocenters. The van der Waals surface area contributed by atoms with Gasteiger partial charge in [0.1, 0.15) is 0 Å². The van der Waals surface area contributed by atoms with Gasteiger partial charge in [0, 0.05) is 11.5 Å². The van der Waals surface area contributed by atoms with Gasteiger partial charge >= 0.3 is 0 Å². The fourth-order valence-electron chi connectivity index (χ4n) is 2.36. The fourth-order valence-corrected chi connectivity index (χ4v) is 5.50. The molecule has 1 saturated heterocycles. The molecule has 0 N–H and O–H groups in total. The number of thioether (sulfide) groups is 3. The van der Waals surface area contributed by atoms with Crippen LogP contribution in [-0.2, 0) is 0 Å². The third-order valence-electron chi connectivity index (χ3n) is 3.73. The second-order valence-electron chi connectivity index (χ2n) is 5.45. The van der Waals surface area contributed by atoms with Crippen molar-refractivity contribution in [1.29, 1.82) is 0 Å². The Morgan fingerprint density at radius 2 is 1.82 bits per heavy atom. The summed E-state index contributed by atoms with van der Waals surface area (Å²) in [5, 5.41) is 0. The molecule has 0 bridgehead atoms. The molecule has 0 aromatic carbocycles. The molecule has 2 aliphatic rings. The highest BCUT2D eigenvalue weighted by Crippen LogP contribution is 2.54. The van der Waals surface area contributed by atoms with Gasteiger partial charge in [-0.05, 0) is 55.9 Å². The summed E-state index contributed by atoms with van der Waals surface area (Å²) in [6.45, 7) is 6.19. The van der Waals surface area contributed by atoms with E-state index in [0.29, 0.717) is 4.08 Å². The Hall–Kier alpha value is 0.790. The molecule has 0 radical (unpaired) electrons. The van der Waals surface area contributed by atoms with E-state index >= 15 is 0 Å². The molecule has 0 spiro atoms. The maximum absolute atomic E-state index is 3.78. The van der Waals surface area contributed by atoms with Crippen LogP contribution in [0.25, 0.3) is 0 Å². The predicted molar refractivity (Wildman–Crippen MR) is 86.3 cm³/mol. The molecule has 1 heterocycles. The standard InChI is InChI=1S/C14H24S3/c1-3-8-15-9-12-4-6-13(7-5-12)10-16-14(2)11-17-14/h3,12-13H,1,4-11H2,2H3. The Morgan fingerprint density at radius 3 is 2.35 bits per heavy atom. The van der Waals surface area contributed by atoms with E-state index in [1.54, 1.807) is 0 Å². The molecule has 1 unspecified atom stereocenters. The zero-order valence-electron chi connectivity index (χ0n) is 10.8. The van der Waals surface area contributed by atoms with Gasteiger partial charge in [0.05, 0.1) is 4.08 Å². The van der Waals surface area contributed by atoms with Crippen molar-refractivity contribution in [1.82, 2.24) is 0 Å². The van der Waals surface area contributed by atoms with Gasteiger partial charge in [-0.3, -0.25) is 0 Å². The smallest absolute Gasteiger partial charge is 0.0674 e. The molecule has 0 aromatic rings. The highest BCUT2D eigenvalue weighted by atomic mass is 32.2. The Balaban J connectivity index is 1.55. The van der Waals surface area contributed by atoms with Crippen molar-refractivity contribution >= 4 is 35.3 Å². The van der Waals surface area contributed by atoms with E-state index in [1.807, 2.05) is 6.08 Å². The summed E-state index contributed by atoms with van der Waals surface area (Å²) in [4.78, 5) is 0. The average molecular weight is 289 g/mol. The summed E-state index contributed by atoms with van der Waals surface area (Å²) in [6.07, 6.45) is 7.93. The van der Waals surface area contributed by atoms with Crippen LogP contribution in [0.15, 0.2) is 12.7 Å². The molecule has 98 valence electrons. The van der Waals surface area contributed by atoms with Crippen LogP contribution in [0.1, 0.15) is 32.6 Å². The van der Waals surface area contributed by atoms with E-state index in [4.69, 9.17) is 0 Å². The lowest BCUT2D eigenvalue weighted by Crippen LogP contribution is -2.18. The highest BCUT2D eigenvalue weighted by Gasteiger charge is 2.39. The van der Waals surface area contributed by atoms with Gasteiger partial charge in [-0.25, -0.2) is 0 Å². The van der Waals surface area contributed by atoms with Crippen molar-refractivity contribution in [3.05, 3.63) is 12.7 Å². The van der Waals surface area contributed by atoms with Gasteiger partial charge in [-0.1, -0.05) is 6.08 Å². The largest absolute Gasteiger partial charge is 0.158 e. The van der Waals surface area contributed by atoms with Crippen LogP contribution in [0.4, 0.5) is 0 Å². The quantitative estimate of drug-likeness (QED) is 0.371. The molecule has 0 aromatic heterocycles. The van der Waals surface area contributed by atoms with Crippen LogP contribution < -0.4 is 0 Å². The third kappa shape index (κ3) is 5.12. The lowest BCUT2D eigenvalue weighted by atomic mass is 9.84. The Labute approximate surface area is 119 Å². The maximum Gasteiger partial charge on any atom is 0.0674 e. The zero-order valence-corrected chi connectivity index (χ0v) is 13.3. The van der Waals surface area contributed by atoms with Crippen molar-refractivity contribution in [2.24, 2.45) is 11.8 Å². The predicted octanol–water partition coefficient (Wildman–Crippen LogP) is 4.91. The third-order valence-corrected chi connectivity index (χ3v) is 8.32. The lowest BCUT2D eigenvalue weighted by molar-refractivity contribution is 0.315. The zero-order chi connectivity index (χ0) is 12.1. The van der Waals surface area contributed by atoms with Crippen LogP contribution >= 0.6 is 35.3 Å². The summed E-state index contributed by atoms with van der Waals surface area (Å²) in [5.74, 6) is 7.29. The van der Waals surface area contributed by atoms with Gasteiger partial charge in [0.15, 0.2) is 0 Å². The van der Waals surface area contributed by atoms with Gasteiger partial charge in [0.25, 0.3) is 0 Å². The summed E-state index contributed by atoms with van der Waals surface area (Å²) in [7, 11) is 0. The first-order valence-corrected chi connectivity index (χ1v) is 9.81. The SMILES string of the molecule is C=CCSCC1CCC(CSC2(C)CS2)CC1. The molecule has 1 aliphatic carbocycles. The van der Waals surface area contributed by atoms with Crippen LogP contribution in [0.2, 0.25) is 0 Å². The minimum absolute atomic E-state index is 0.608. The molecule has 2 fully saturated rings. The number of hydrogen-bond donors (Lipinski definition) is 0. The van der Waals surface area contributed by atoms with E-state index < -0.39 is 0 Å². The molecular weight excluding hydrogens is 264 g/mol. The molecular formula is C14H24S3. The maximum atomic E-state index is 3.78. The Kier molecular flexibility index (Phi) is 5.69. The fraction of sp³-hybridized carbons (Fsp3) is 0.857. The van der Waals surface area contributed by atoms with Crippen molar-refractivity contribution in [3.8, 4) is 0 Å². The van der Waals surface area contributed by atoms with Crippen molar-refractivity contribution < 1.29 is 0 Å². The monoisotopic (exact) mass is 288 g/mol. The van der Waals surface area contributed by atoms with Crippen molar-refractivity contribution in [2.75, 3.05) is 23.0 Å². The van der Waals surface area contributed by atoms with Crippen molar-refractivity contribution in [2.45, 2.75) is 36.7 Å². The van der Waals surface area contributed by atoms with Gasteiger partial charge in [-0.15, -0.1) is 30.1 Å². The highest BCUT2D eigenvalue weighted by molar-refractivity contribution is 8.24. The van der Waals surface area contributed by atoms with Crippen LogP contribution in [0.3, 0.4) is 0 Å². The first-order chi connectivity index (χ1) is 8.22. The van der Waals surface area contributed by atoms with E-state index in [-0.39, 0.29) is 0 Å². The van der Waals surface area contributed by atoms with E-state index in [1.165, 1.54) is 42.9 Å².